The van der Waals surface area contributed by atoms with Gasteiger partial charge >= 0.3 is 0 Å². The fourth-order valence-corrected chi connectivity index (χ4v) is 0.193. The van der Waals surface area contributed by atoms with E-state index in [1.807, 2.05) is 0 Å². The van der Waals surface area contributed by atoms with Crippen molar-refractivity contribution in [3.05, 3.63) is 30.5 Å². The van der Waals surface area contributed by atoms with E-state index in [4.69, 9.17) is 5.11 Å². The lowest BCUT2D eigenvalue weighted by molar-refractivity contribution is 0.335. The molecule has 0 aromatic rings. The fraction of sp³-hybridized carbons (Fsp3) is 0.167. The van der Waals surface area contributed by atoms with Crippen molar-refractivity contribution in [3.8, 4) is 0 Å². The molecule has 0 atom stereocenters. The van der Waals surface area contributed by atoms with Crippen LogP contribution in [0.25, 0.3) is 0 Å². The first-order valence-electron chi connectivity index (χ1n) is 1.97. The van der Waals surface area contributed by atoms with Gasteiger partial charge in [0, 0.05) is 5.57 Å². The lowest BCUT2D eigenvalue weighted by atomic mass is 10.3. The Labute approximate surface area is 43.3 Å². The summed E-state index contributed by atoms with van der Waals surface area (Å²) in [6.07, 6.45) is 1.52. The van der Waals surface area contributed by atoms with Gasteiger partial charge in [-0.3, -0.25) is 0 Å². The molecule has 0 spiro atoms. The predicted octanol–water partition coefficient (Wildman–Crippen LogP) is 0.876. The molecule has 1 N–H and O–H groups in total. The van der Waals surface area contributed by atoms with Gasteiger partial charge < -0.3 is 5.11 Å². The Balaban J connectivity index is 3.86. The van der Waals surface area contributed by atoms with Crippen LogP contribution >= 0.6 is 0 Å². The summed E-state index contributed by atoms with van der Waals surface area (Å²) in [5.41, 5.74) is 3.14. The first-order chi connectivity index (χ1) is 3.35. The van der Waals surface area contributed by atoms with Crippen LogP contribution in [0.2, 0.25) is 0 Å². The molecule has 0 amide bonds. The molecule has 0 saturated heterocycles. The Morgan fingerprint density at radius 2 is 2.43 bits per heavy atom. The normalized spacial score (nSPS) is 7.00. The van der Waals surface area contributed by atoms with Gasteiger partial charge in [0.2, 0.25) is 0 Å². The van der Waals surface area contributed by atoms with Gasteiger partial charge in [-0.1, -0.05) is 19.2 Å². The lowest BCUT2D eigenvalue weighted by Crippen LogP contribution is -1.80. The van der Waals surface area contributed by atoms with E-state index >= 15 is 0 Å². The molecule has 0 fully saturated rings. The number of aliphatic hydroxyl groups is 1. The molecule has 0 aliphatic heterocycles. The summed E-state index contributed by atoms with van der Waals surface area (Å²) < 4.78 is 0. The molecule has 0 saturated carbocycles. The first-order valence-corrected chi connectivity index (χ1v) is 1.97. The third kappa shape index (κ3) is 1.99. The minimum Gasteiger partial charge on any atom is -0.391 e. The van der Waals surface area contributed by atoms with Gasteiger partial charge in [-0.25, -0.2) is 0 Å². The Morgan fingerprint density at radius 1 is 1.86 bits per heavy atom. The quantitative estimate of drug-likeness (QED) is 0.399. The number of hydrogen-bond acceptors (Lipinski definition) is 1. The maximum absolute atomic E-state index is 8.32. The molecule has 38 valence electrons. The Bertz CT molecular complexity index is 107. The summed E-state index contributed by atoms with van der Waals surface area (Å²) in [5, 5.41) is 8.32. The van der Waals surface area contributed by atoms with Crippen LogP contribution in [0.15, 0.2) is 30.5 Å². The summed E-state index contributed by atoms with van der Waals surface area (Å²) in [5.74, 6) is 0. The Morgan fingerprint density at radius 3 is 2.43 bits per heavy atom. The standard InChI is InChI=1S/C6H8O/c1-3-6(4-2)5-7/h3,7H,1-2,5H2. The molecule has 0 radical (unpaired) electrons. The molecule has 0 heterocycles. The largest absolute Gasteiger partial charge is 0.391 e. The van der Waals surface area contributed by atoms with Crippen LogP contribution in [-0.2, 0) is 0 Å². The molecule has 0 aromatic carbocycles. The van der Waals surface area contributed by atoms with E-state index in [1.54, 1.807) is 0 Å². The summed E-state index contributed by atoms with van der Waals surface area (Å²) in [6, 6.07) is 0. The molecule has 0 aliphatic rings. The summed E-state index contributed by atoms with van der Waals surface area (Å²) in [7, 11) is 0. The maximum atomic E-state index is 8.32. The Kier molecular flexibility index (Phi) is 3.03. The smallest absolute Gasteiger partial charge is 0.0753 e. The Hall–Kier alpha value is -0.780. The van der Waals surface area contributed by atoms with Gasteiger partial charge in [-0.15, -0.1) is 5.73 Å². The van der Waals surface area contributed by atoms with Gasteiger partial charge in [-0.2, -0.15) is 0 Å². The van der Waals surface area contributed by atoms with Gasteiger partial charge in [0.05, 0.1) is 6.61 Å². The van der Waals surface area contributed by atoms with Crippen molar-refractivity contribution in [1.29, 1.82) is 0 Å². The SMILES string of the molecule is C=C=C(C=C)CO. The minimum atomic E-state index is -0.0208. The average Bonchev–Trinajstić information content (AvgIpc) is 1.72. The van der Waals surface area contributed by atoms with Crippen molar-refractivity contribution in [2.45, 2.75) is 0 Å². The van der Waals surface area contributed by atoms with E-state index in [-0.39, 0.29) is 6.61 Å². The highest BCUT2D eigenvalue weighted by Crippen LogP contribution is 1.86. The maximum Gasteiger partial charge on any atom is 0.0753 e. The van der Waals surface area contributed by atoms with E-state index in [2.05, 4.69) is 18.9 Å². The van der Waals surface area contributed by atoms with E-state index in [0.717, 1.165) is 0 Å². The second-order valence-corrected chi connectivity index (χ2v) is 1.06. The van der Waals surface area contributed by atoms with Crippen molar-refractivity contribution in [2.75, 3.05) is 6.61 Å². The lowest BCUT2D eigenvalue weighted by Gasteiger charge is -1.83. The number of aliphatic hydroxyl groups excluding tert-OH is 1. The second-order valence-electron chi connectivity index (χ2n) is 1.06. The molecule has 0 aliphatic carbocycles. The van der Waals surface area contributed by atoms with Crippen LogP contribution in [0.5, 0.6) is 0 Å². The van der Waals surface area contributed by atoms with Crippen LogP contribution in [0, 0.1) is 0 Å². The van der Waals surface area contributed by atoms with E-state index in [1.165, 1.54) is 6.08 Å². The fourth-order valence-electron chi connectivity index (χ4n) is 0.193. The molecule has 0 bridgehead atoms. The highest BCUT2D eigenvalue weighted by Gasteiger charge is 1.78. The monoisotopic (exact) mass is 96.1 g/mol. The molecular formula is C6H8O. The van der Waals surface area contributed by atoms with E-state index in [9.17, 15) is 0 Å². The van der Waals surface area contributed by atoms with Crippen LogP contribution in [0.4, 0.5) is 0 Å². The van der Waals surface area contributed by atoms with Crippen LogP contribution in [0.1, 0.15) is 0 Å². The van der Waals surface area contributed by atoms with Crippen molar-refractivity contribution >= 4 is 0 Å². The van der Waals surface area contributed by atoms with Gasteiger partial charge in [0.1, 0.15) is 0 Å². The molecule has 0 rings (SSSR count). The highest BCUT2D eigenvalue weighted by atomic mass is 16.3. The van der Waals surface area contributed by atoms with Crippen LogP contribution < -0.4 is 0 Å². The molecule has 7 heavy (non-hydrogen) atoms. The van der Waals surface area contributed by atoms with E-state index < -0.39 is 0 Å². The average molecular weight is 96.1 g/mol. The summed E-state index contributed by atoms with van der Waals surface area (Å²) >= 11 is 0. The predicted molar refractivity (Wildman–Crippen MR) is 29.9 cm³/mol. The third-order valence-electron chi connectivity index (χ3n) is 0.644. The molecule has 1 heteroatoms. The minimum absolute atomic E-state index is 0.0208. The zero-order valence-electron chi connectivity index (χ0n) is 4.15. The van der Waals surface area contributed by atoms with Crippen molar-refractivity contribution in [3.63, 3.8) is 0 Å². The van der Waals surface area contributed by atoms with Crippen LogP contribution in [0.3, 0.4) is 0 Å². The van der Waals surface area contributed by atoms with Gasteiger partial charge in [0.25, 0.3) is 0 Å². The second kappa shape index (κ2) is 3.41. The van der Waals surface area contributed by atoms with Crippen molar-refractivity contribution in [2.24, 2.45) is 0 Å². The third-order valence-corrected chi connectivity index (χ3v) is 0.644. The number of hydrogen-bond donors (Lipinski definition) is 1. The molecule has 1 nitrogen and oxygen atoms in total. The highest BCUT2D eigenvalue weighted by molar-refractivity contribution is 5.13. The summed E-state index contributed by atoms with van der Waals surface area (Å²) in [4.78, 5) is 0. The zero-order valence-corrected chi connectivity index (χ0v) is 4.15. The van der Waals surface area contributed by atoms with E-state index in [0.29, 0.717) is 5.57 Å². The topological polar surface area (TPSA) is 20.2 Å². The van der Waals surface area contributed by atoms with Gasteiger partial charge in [0.15, 0.2) is 0 Å². The number of rotatable bonds is 2. The van der Waals surface area contributed by atoms with Gasteiger partial charge in [-0.05, 0) is 0 Å². The van der Waals surface area contributed by atoms with Crippen LogP contribution in [-0.4, -0.2) is 11.7 Å². The summed E-state index contributed by atoms with van der Waals surface area (Å²) in [6.45, 7) is 6.69. The zero-order chi connectivity index (χ0) is 5.70. The van der Waals surface area contributed by atoms with Crippen molar-refractivity contribution < 1.29 is 5.11 Å². The molecular weight excluding hydrogens is 88.1 g/mol. The molecule has 0 unspecified atom stereocenters. The first kappa shape index (κ1) is 6.22. The van der Waals surface area contributed by atoms with Crippen molar-refractivity contribution in [1.82, 2.24) is 0 Å². The molecule has 0 aromatic heterocycles.